The molecule has 134 valence electrons. The van der Waals surface area contributed by atoms with Crippen LogP contribution in [0.4, 0.5) is 0 Å². The number of fused-ring (bicyclic) bond motifs is 3. The van der Waals surface area contributed by atoms with Crippen LogP contribution in [0.3, 0.4) is 0 Å². The SMILES string of the molecule is CCn1c(C2OC3OC(C)(C)OC3C3OC(C)(C)OC23)n[nH]c1=S. The predicted molar refractivity (Wildman–Crippen MR) is 84.6 cm³/mol. The van der Waals surface area contributed by atoms with Gasteiger partial charge in [0.05, 0.1) is 0 Å². The third-order valence-electron chi connectivity index (χ3n) is 4.51. The lowest BCUT2D eigenvalue weighted by Gasteiger charge is -2.36. The molecule has 0 aliphatic carbocycles. The van der Waals surface area contributed by atoms with Crippen molar-refractivity contribution in [3.63, 3.8) is 0 Å². The standard InChI is InChI=1S/C15H23N3O5S/c1-6-18-11(16-17-13(18)24)9-7-8(21-14(2,3)20-7)10-12(19-9)23-15(4,5)22-10/h7-10,12H,6H2,1-5H3,(H,17,24). The highest BCUT2D eigenvalue weighted by atomic mass is 32.1. The summed E-state index contributed by atoms with van der Waals surface area (Å²) >= 11 is 5.30. The molecule has 5 atom stereocenters. The zero-order valence-corrected chi connectivity index (χ0v) is 15.3. The molecule has 0 spiro atoms. The summed E-state index contributed by atoms with van der Waals surface area (Å²) in [6.07, 6.45) is -2.00. The number of aromatic amines is 1. The van der Waals surface area contributed by atoms with Gasteiger partial charge in [-0.1, -0.05) is 0 Å². The second-order valence-corrected chi connectivity index (χ2v) is 7.61. The molecule has 24 heavy (non-hydrogen) atoms. The fourth-order valence-electron chi connectivity index (χ4n) is 3.67. The molecule has 0 aromatic carbocycles. The Hall–Kier alpha value is -0.840. The van der Waals surface area contributed by atoms with E-state index in [4.69, 9.17) is 35.9 Å². The lowest BCUT2D eigenvalue weighted by atomic mass is 9.98. The van der Waals surface area contributed by atoms with Crippen LogP contribution in [0.5, 0.6) is 0 Å². The topological polar surface area (TPSA) is 79.8 Å². The third kappa shape index (κ3) is 2.54. The van der Waals surface area contributed by atoms with Crippen LogP contribution >= 0.6 is 12.2 Å². The summed E-state index contributed by atoms with van der Waals surface area (Å²) in [4.78, 5) is 0. The molecule has 0 amide bonds. The Labute approximate surface area is 145 Å². The number of nitrogens with zero attached hydrogens (tertiary/aromatic N) is 2. The maximum atomic E-state index is 6.19. The van der Waals surface area contributed by atoms with Crippen LogP contribution in [-0.4, -0.2) is 50.9 Å². The summed E-state index contributed by atoms with van der Waals surface area (Å²) in [7, 11) is 0. The maximum absolute atomic E-state index is 6.19. The molecule has 3 aliphatic heterocycles. The van der Waals surface area contributed by atoms with Gasteiger partial charge in [-0.15, -0.1) is 0 Å². The monoisotopic (exact) mass is 357 g/mol. The molecule has 0 radical (unpaired) electrons. The number of ether oxygens (including phenoxy) is 5. The van der Waals surface area contributed by atoms with E-state index in [9.17, 15) is 0 Å². The Morgan fingerprint density at radius 1 is 1.04 bits per heavy atom. The van der Waals surface area contributed by atoms with Gasteiger partial charge in [-0.25, -0.2) is 0 Å². The summed E-state index contributed by atoms with van der Waals surface area (Å²) < 4.78 is 32.8. The van der Waals surface area contributed by atoms with Gasteiger partial charge in [0.1, 0.15) is 24.4 Å². The molecule has 8 nitrogen and oxygen atoms in total. The molecule has 0 saturated carbocycles. The molecule has 3 fully saturated rings. The fourth-order valence-corrected chi connectivity index (χ4v) is 3.94. The number of aromatic nitrogens is 3. The van der Waals surface area contributed by atoms with E-state index >= 15 is 0 Å². The van der Waals surface area contributed by atoms with Crippen LogP contribution in [0.25, 0.3) is 0 Å². The van der Waals surface area contributed by atoms with E-state index in [1.54, 1.807) is 0 Å². The molecule has 1 N–H and O–H groups in total. The highest BCUT2D eigenvalue weighted by molar-refractivity contribution is 7.71. The molecule has 3 saturated heterocycles. The largest absolute Gasteiger partial charge is 0.342 e. The average Bonchev–Trinajstić information content (AvgIpc) is 3.09. The summed E-state index contributed by atoms with van der Waals surface area (Å²) in [6, 6.07) is 0. The molecule has 1 aromatic rings. The Morgan fingerprint density at radius 3 is 2.38 bits per heavy atom. The van der Waals surface area contributed by atoms with Crippen molar-refractivity contribution >= 4 is 12.2 Å². The van der Waals surface area contributed by atoms with E-state index in [-0.39, 0.29) is 18.3 Å². The number of hydrogen-bond donors (Lipinski definition) is 1. The lowest BCUT2D eigenvalue weighted by molar-refractivity contribution is -0.238. The van der Waals surface area contributed by atoms with Crippen molar-refractivity contribution in [2.75, 3.05) is 0 Å². The molecule has 0 bridgehead atoms. The van der Waals surface area contributed by atoms with Gasteiger partial charge in [0.25, 0.3) is 0 Å². The van der Waals surface area contributed by atoms with Gasteiger partial charge in [-0.3, -0.25) is 5.10 Å². The first-order valence-electron chi connectivity index (χ1n) is 8.22. The van der Waals surface area contributed by atoms with Gasteiger partial charge in [-0.05, 0) is 46.8 Å². The quantitative estimate of drug-likeness (QED) is 0.811. The highest BCUT2D eigenvalue weighted by Gasteiger charge is 2.61. The Kier molecular flexibility index (Phi) is 3.69. The van der Waals surface area contributed by atoms with Crippen LogP contribution < -0.4 is 0 Å². The van der Waals surface area contributed by atoms with Crippen LogP contribution in [-0.2, 0) is 30.2 Å². The van der Waals surface area contributed by atoms with Crippen molar-refractivity contribution in [3.05, 3.63) is 10.6 Å². The Morgan fingerprint density at radius 2 is 1.67 bits per heavy atom. The zero-order chi connectivity index (χ0) is 17.3. The minimum absolute atomic E-state index is 0.305. The van der Waals surface area contributed by atoms with Crippen molar-refractivity contribution in [2.45, 2.75) is 83.4 Å². The molecule has 3 aliphatic rings. The zero-order valence-electron chi connectivity index (χ0n) is 14.4. The van der Waals surface area contributed by atoms with Gasteiger partial charge in [0.2, 0.25) is 0 Å². The van der Waals surface area contributed by atoms with E-state index in [0.717, 1.165) is 0 Å². The summed E-state index contributed by atoms with van der Waals surface area (Å²) in [5, 5.41) is 7.19. The summed E-state index contributed by atoms with van der Waals surface area (Å²) in [5.74, 6) is -0.780. The van der Waals surface area contributed by atoms with Crippen LogP contribution in [0.1, 0.15) is 46.5 Å². The van der Waals surface area contributed by atoms with Gasteiger partial charge in [0, 0.05) is 6.54 Å². The second-order valence-electron chi connectivity index (χ2n) is 7.22. The second kappa shape index (κ2) is 5.33. The normalized spacial score (nSPS) is 39.6. The molecule has 5 unspecified atom stereocenters. The average molecular weight is 357 g/mol. The van der Waals surface area contributed by atoms with Crippen molar-refractivity contribution in [1.82, 2.24) is 14.8 Å². The molecule has 4 heterocycles. The van der Waals surface area contributed by atoms with Crippen molar-refractivity contribution in [3.8, 4) is 0 Å². The summed E-state index contributed by atoms with van der Waals surface area (Å²) in [6.45, 7) is 10.2. The Balaban J connectivity index is 1.74. The maximum Gasteiger partial charge on any atom is 0.195 e. The van der Waals surface area contributed by atoms with Crippen molar-refractivity contribution in [1.29, 1.82) is 0 Å². The van der Waals surface area contributed by atoms with E-state index in [1.165, 1.54) is 0 Å². The van der Waals surface area contributed by atoms with Crippen LogP contribution in [0, 0.1) is 4.77 Å². The molecule has 1 aromatic heterocycles. The third-order valence-corrected chi connectivity index (χ3v) is 4.82. The van der Waals surface area contributed by atoms with Gasteiger partial charge in [-0.2, -0.15) is 5.10 Å². The van der Waals surface area contributed by atoms with Crippen LogP contribution in [0.15, 0.2) is 0 Å². The van der Waals surface area contributed by atoms with Gasteiger partial charge in [0.15, 0.2) is 28.5 Å². The van der Waals surface area contributed by atoms with Gasteiger partial charge >= 0.3 is 0 Å². The fraction of sp³-hybridized carbons (Fsp3) is 0.867. The van der Waals surface area contributed by atoms with Crippen molar-refractivity contribution in [2.24, 2.45) is 0 Å². The highest BCUT2D eigenvalue weighted by Crippen LogP contribution is 2.48. The number of H-pyrrole nitrogens is 1. The smallest absolute Gasteiger partial charge is 0.195 e. The minimum Gasteiger partial charge on any atom is -0.342 e. The number of hydrogen-bond acceptors (Lipinski definition) is 7. The molecule has 4 rings (SSSR count). The van der Waals surface area contributed by atoms with E-state index in [2.05, 4.69) is 10.2 Å². The van der Waals surface area contributed by atoms with E-state index in [0.29, 0.717) is 17.1 Å². The van der Waals surface area contributed by atoms with Gasteiger partial charge < -0.3 is 28.3 Å². The van der Waals surface area contributed by atoms with Crippen LogP contribution in [0.2, 0.25) is 0 Å². The van der Waals surface area contributed by atoms with E-state index < -0.39 is 24.0 Å². The minimum atomic E-state index is -0.736. The van der Waals surface area contributed by atoms with E-state index in [1.807, 2.05) is 39.2 Å². The first-order valence-corrected chi connectivity index (χ1v) is 8.63. The number of rotatable bonds is 2. The molecular weight excluding hydrogens is 334 g/mol. The first kappa shape index (κ1) is 16.6. The lowest BCUT2D eigenvalue weighted by Crippen LogP contribution is -2.52. The molecular formula is C15H23N3O5S. The van der Waals surface area contributed by atoms with Crippen molar-refractivity contribution < 1.29 is 23.7 Å². The Bertz CT molecular complexity index is 700. The molecule has 9 heteroatoms. The predicted octanol–water partition coefficient (Wildman–Crippen LogP) is 2.03. The summed E-state index contributed by atoms with van der Waals surface area (Å²) in [5.41, 5.74) is 0. The number of nitrogens with one attached hydrogen (secondary N) is 1. The first-order chi connectivity index (χ1) is 11.2.